The molecule has 0 aliphatic carbocycles. The number of nitrogens with one attached hydrogen (secondary N) is 3. The zero-order valence-corrected chi connectivity index (χ0v) is 52.1. The van der Waals surface area contributed by atoms with Crippen LogP contribution in [0.5, 0.6) is 0 Å². The third kappa shape index (κ3) is 36.3. The molecule has 5 aromatic rings. The molecule has 7 N–H and O–H groups in total. The first-order chi connectivity index (χ1) is 38.3. The number of nitrogen functional groups attached to an aromatic ring is 2. The van der Waals surface area contributed by atoms with Gasteiger partial charge in [0.2, 0.25) is 0 Å². The Bertz CT molecular complexity index is 2790. The molecule has 11 nitrogen and oxygen atoms in total. The van der Waals surface area contributed by atoms with Crippen LogP contribution >= 0.6 is 15.9 Å². The Kier molecular flexibility index (Phi) is 35.9. The van der Waals surface area contributed by atoms with E-state index >= 15 is 0 Å². The average molecular weight is 1210 g/mol. The molecule has 0 atom stereocenters. The van der Waals surface area contributed by atoms with Crippen molar-refractivity contribution < 1.29 is 50.5 Å². The number of carbonyl (C=O) groups is 3. The molecule has 0 heterocycles. The molecule has 0 radical (unpaired) electrons. The molecule has 5 rings (SSSR count). The molecule has 3 amide bonds. The average Bonchev–Trinajstić information content (AvgIpc) is 3.41. The number of nitrogens with two attached hydrogens (primary N) is 2. The van der Waals surface area contributed by atoms with Gasteiger partial charge < -0.3 is 25.7 Å². The first-order valence-electron chi connectivity index (χ1n) is 27.4. The van der Waals surface area contributed by atoms with Gasteiger partial charge in [-0.1, -0.05) is 77.8 Å². The zero-order valence-electron chi connectivity index (χ0n) is 50.5. The third-order valence-electron chi connectivity index (χ3n) is 9.94. The van der Waals surface area contributed by atoms with Gasteiger partial charge in [-0.2, -0.15) is 0 Å². The van der Waals surface area contributed by atoms with E-state index in [-0.39, 0.29) is 29.1 Å². The van der Waals surface area contributed by atoms with Gasteiger partial charge in [-0.05, 0) is 225 Å². The second kappa shape index (κ2) is 39.3. The number of hydrogen-bond acceptors (Lipinski definition) is 8. The summed E-state index contributed by atoms with van der Waals surface area (Å²) in [6, 6.07) is 22.5. The molecule has 0 spiro atoms. The number of allylic oxidation sites excluding steroid dienone is 3. The van der Waals surface area contributed by atoms with Crippen molar-refractivity contribution in [3.63, 3.8) is 0 Å². The molecule has 17 heteroatoms. The number of benzene rings is 5. The summed E-state index contributed by atoms with van der Waals surface area (Å²) >= 11 is 3.03. The maximum absolute atomic E-state index is 13.6. The van der Waals surface area contributed by atoms with E-state index in [0.29, 0.717) is 56.0 Å². The summed E-state index contributed by atoms with van der Waals surface area (Å²) in [6.45, 7) is 29.7. The predicted octanol–water partition coefficient (Wildman–Crippen LogP) is 20.2. The minimum atomic E-state index is -0.564. The Hall–Kier alpha value is -7.14. The van der Waals surface area contributed by atoms with Gasteiger partial charge in [0.25, 0.3) is 0 Å². The van der Waals surface area contributed by atoms with E-state index in [1.807, 2.05) is 32.1 Å². The van der Waals surface area contributed by atoms with Gasteiger partial charge in [0, 0.05) is 39.6 Å². The van der Waals surface area contributed by atoms with Crippen molar-refractivity contribution in [2.45, 2.75) is 172 Å². The molecule has 5 aromatic carbocycles. The van der Waals surface area contributed by atoms with Crippen molar-refractivity contribution in [2.24, 2.45) is 0 Å². The van der Waals surface area contributed by atoms with Crippen LogP contribution in [0.15, 0.2) is 120 Å². The normalized spacial score (nSPS) is 10.8. The molecule has 0 saturated heterocycles. The fraction of sp³-hybridized carbons (Fsp3) is 0.400. The van der Waals surface area contributed by atoms with Crippen LogP contribution < -0.4 is 27.4 Å². The van der Waals surface area contributed by atoms with E-state index in [1.165, 1.54) is 54.6 Å². The van der Waals surface area contributed by atoms with E-state index < -0.39 is 35.1 Å². The van der Waals surface area contributed by atoms with Crippen LogP contribution in [0.25, 0.3) is 12.2 Å². The molecule has 0 saturated carbocycles. The maximum atomic E-state index is 13.6. The highest BCUT2D eigenvalue weighted by molar-refractivity contribution is 9.10. The van der Waals surface area contributed by atoms with Crippen LogP contribution in [-0.2, 0) is 27.1 Å². The minimum absolute atomic E-state index is 0.141. The molecule has 82 heavy (non-hydrogen) atoms. The molecule has 0 unspecified atom stereocenters. The van der Waals surface area contributed by atoms with Gasteiger partial charge in [0.15, 0.2) is 0 Å². The summed E-state index contributed by atoms with van der Waals surface area (Å²) in [5, 5.41) is 7.70. The monoisotopic (exact) mass is 1210 g/mol. The van der Waals surface area contributed by atoms with Crippen LogP contribution in [0, 0.1) is 29.1 Å². The lowest BCUT2D eigenvalue weighted by atomic mass is 10.1. The van der Waals surface area contributed by atoms with Crippen molar-refractivity contribution in [3.05, 3.63) is 172 Å². The Labute approximate surface area is 493 Å². The van der Waals surface area contributed by atoms with Crippen LogP contribution in [0.3, 0.4) is 0 Å². The predicted molar refractivity (Wildman–Crippen MR) is 334 cm³/mol. The standard InChI is InChI=1S/C15H22FNO2.C15H20FNO2.C11H13BrFNO2.C10H14FN.C10H12FN.C4H8/c2*1-5-6-7-11-10-12(8-9-13(11)16)17-14(18)19-15(2,3)4;1-11(2,3)16-10(15)14-7-4-5-9(13)8(12)6-7;2*1-2-3-4-8-7-9(12)5-6-10(8)11;1-3-4-2/h8-10H,5-7H2,1-4H3,(H,17,18);6-10H,5H2,1-4H3,(H,17,18);4-6H,1-3H3,(H,14,15);5-7H,2-4,12H2,1H3;3-7H,2,12H2,1H3;3H,1,4H2,2H3/b;7-6+;;;4-3+;. The number of hydrogen-bond donors (Lipinski definition) is 5. The van der Waals surface area contributed by atoms with Crippen LogP contribution in [0.1, 0.15) is 164 Å². The largest absolute Gasteiger partial charge is 0.444 e. The van der Waals surface area contributed by atoms with Crippen LogP contribution in [-0.4, -0.2) is 35.1 Å². The van der Waals surface area contributed by atoms with E-state index in [2.05, 4.69) is 59.2 Å². The molecule has 0 aromatic heterocycles. The number of rotatable bonds is 14. The van der Waals surface area contributed by atoms with Crippen molar-refractivity contribution in [1.82, 2.24) is 0 Å². The summed E-state index contributed by atoms with van der Waals surface area (Å²) in [4.78, 5) is 34.6. The Morgan fingerprint density at radius 2 is 0.817 bits per heavy atom. The lowest BCUT2D eigenvalue weighted by Crippen LogP contribution is -2.27. The highest BCUT2D eigenvalue weighted by Gasteiger charge is 2.19. The summed E-state index contributed by atoms with van der Waals surface area (Å²) < 4.78 is 81.6. The number of unbranched alkanes of at least 4 members (excludes halogenated alkanes) is 2. The molecule has 0 bridgehead atoms. The molecular weight excluding hydrogens is 1120 g/mol. The first kappa shape index (κ1) is 74.9. The SMILES string of the molecule is C=CCC.CC(C)(C)OC(=O)Nc1ccc(F)c(Br)c1.CC/C=C/c1cc(N)ccc1F.CC/C=C/c1cc(NC(=O)OC(C)(C)C)ccc1F.CCCCc1cc(N)ccc1F.CCCCc1cc(NC(=O)OC(C)(C)C)ccc1F. The van der Waals surface area contributed by atoms with Crippen molar-refractivity contribution in [2.75, 3.05) is 27.4 Å². The lowest BCUT2D eigenvalue weighted by molar-refractivity contribution is 0.0624. The van der Waals surface area contributed by atoms with Crippen molar-refractivity contribution in [1.29, 1.82) is 0 Å². The molecule has 0 aliphatic heterocycles. The second-order valence-corrected chi connectivity index (χ2v) is 22.1. The Morgan fingerprint density at radius 3 is 1.20 bits per heavy atom. The van der Waals surface area contributed by atoms with Gasteiger partial charge in [-0.3, -0.25) is 16.0 Å². The van der Waals surface area contributed by atoms with Crippen LogP contribution in [0.4, 0.5) is 64.8 Å². The van der Waals surface area contributed by atoms with E-state index in [0.717, 1.165) is 56.9 Å². The summed E-state index contributed by atoms with van der Waals surface area (Å²) in [7, 11) is 0. The summed E-state index contributed by atoms with van der Waals surface area (Å²) in [6.07, 6.45) is 15.7. The maximum Gasteiger partial charge on any atom is 0.412 e. The molecule has 0 fully saturated rings. The highest BCUT2D eigenvalue weighted by Crippen LogP contribution is 2.23. The molecule has 452 valence electrons. The zero-order chi connectivity index (χ0) is 62.6. The van der Waals surface area contributed by atoms with Gasteiger partial charge in [0.1, 0.15) is 45.9 Å². The van der Waals surface area contributed by atoms with Crippen molar-refractivity contribution in [3.8, 4) is 0 Å². The van der Waals surface area contributed by atoms with E-state index in [9.17, 15) is 36.3 Å². The van der Waals surface area contributed by atoms with E-state index in [4.69, 9.17) is 25.7 Å². The number of anilines is 5. The lowest BCUT2D eigenvalue weighted by Gasteiger charge is -2.19. The number of halogens is 6. The fourth-order valence-electron chi connectivity index (χ4n) is 6.13. The number of amides is 3. The summed E-state index contributed by atoms with van der Waals surface area (Å²) in [5.41, 5.74) is 14.5. The van der Waals surface area contributed by atoms with Crippen molar-refractivity contribution >= 4 is 74.8 Å². The smallest absolute Gasteiger partial charge is 0.412 e. The molecule has 0 aliphatic rings. The number of aryl methyl sites for hydroxylation is 2. The quantitative estimate of drug-likeness (QED) is 0.0317. The molecular formula is C65H89BrF5N5O6. The van der Waals surface area contributed by atoms with Gasteiger partial charge in [-0.15, -0.1) is 6.58 Å². The first-order valence-corrected chi connectivity index (χ1v) is 28.2. The van der Waals surface area contributed by atoms with Gasteiger partial charge >= 0.3 is 18.3 Å². The second-order valence-electron chi connectivity index (χ2n) is 21.2. The van der Waals surface area contributed by atoms with Gasteiger partial charge in [-0.25, -0.2) is 36.3 Å². The number of ether oxygens (including phenoxy) is 3. The minimum Gasteiger partial charge on any atom is -0.444 e. The Balaban J connectivity index is 0.000000994. The Morgan fingerprint density at radius 1 is 0.488 bits per heavy atom. The fourth-order valence-corrected chi connectivity index (χ4v) is 6.51. The number of carbonyl (C=O) groups excluding carboxylic acids is 3. The van der Waals surface area contributed by atoms with Gasteiger partial charge in [0.05, 0.1) is 4.47 Å². The highest BCUT2D eigenvalue weighted by atomic mass is 79.9. The topological polar surface area (TPSA) is 167 Å². The third-order valence-corrected chi connectivity index (χ3v) is 10.5. The van der Waals surface area contributed by atoms with Crippen LogP contribution in [0.2, 0.25) is 0 Å². The van der Waals surface area contributed by atoms with E-state index in [1.54, 1.807) is 111 Å². The summed E-state index contributed by atoms with van der Waals surface area (Å²) in [5.74, 6) is -1.30.